The highest BCUT2D eigenvalue weighted by molar-refractivity contribution is 9.18. The van der Waals surface area contributed by atoms with Crippen LogP contribution in [0.1, 0.15) is 6.92 Å². The molecular weight excluding hydrogens is 224 g/mol. The smallest absolute Gasteiger partial charge is 0.224 e. The molecule has 0 unspecified atom stereocenters. The van der Waals surface area contributed by atoms with Crippen molar-refractivity contribution in [1.29, 1.82) is 0 Å². The zero-order chi connectivity index (χ0) is 5.86. The molecule has 3 heteroatoms. The maximum absolute atomic E-state index is 10.2. The summed E-state index contributed by atoms with van der Waals surface area (Å²) >= 11 is 5.77. The highest BCUT2D eigenvalue weighted by Crippen LogP contribution is 2.02. The molecule has 0 N–H and O–H groups in total. The van der Waals surface area contributed by atoms with Gasteiger partial charge in [-0.15, -0.1) is 0 Å². The van der Waals surface area contributed by atoms with Crippen LogP contribution >= 0.6 is 31.9 Å². The van der Waals surface area contributed by atoms with Crippen LogP contribution in [-0.2, 0) is 4.79 Å². The topological polar surface area (TPSA) is 17.1 Å². The number of rotatable bonds is 1. The van der Waals surface area contributed by atoms with E-state index in [-0.39, 0.29) is 4.69 Å². The van der Waals surface area contributed by atoms with Gasteiger partial charge in [-0.2, -0.15) is 0 Å². The van der Waals surface area contributed by atoms with Gasteiger partial charge in [0.25, 0.3) is 0 Å². The second kappa shape index (κ2) is 3.38. The highest BCUT2D eigenvalue weighted by atomic mass is 79.9. The van der Waals surface area contributed by atoms with E-state index in [1.807, 2.05) is 0 Å². The lowest BCUT2D eigenvalue weighted by Gasteiger charge is -1.81. The van der Waals surface area contributed by atoms with Crippen LogP contribution in [0.15, 0.2) is 10.6 Å². The minimum Gasteiger partial charge on any atom is -0.281 e. The molecule has 0 aromatic rings. The Kier molecular flexibility index (Phi) is 3.56. The Labute approximate surface area is 59.0 Å². The van der Waals surface area contributed by atoms with E-state index < -0.39 is 0 Å². The van der Waals surface area contributed by atoms with Crippen molar-refractivity contribution in [2.75, 3.05) is 0 Å². The van der Waals surface area contributed by atoms with Gasteiger partial charge in [0.1, 0.15) is 0 Å². The predicted octanol–water partition coefficient (Wildman–Crippen LogP) is 2.21. The summed E-state index contributed by atoms with van der Waals surface area (Å²) in [5.74, 6) is 0. The van der Waals surface area contributed by atoms with E-state index in [1.54, 1.807) is 11.9 Å². The van der Waals surface area contributed by atoms with E-state index in [0.29, 0.717) is 5.57 Å². The van der Waals surface area contributed by atoms with E-state index >= 15 is 0 Å². The standard InChI is InChI=1S/C4H4Br2O/c1-3(2-5)4(6)7/h2H,1H3. The van der Waals surface area contributed by atoms with E-state index in [1.165, 1.54) is 0 Å². The maximum atomic E-state index is 10.2. The summed E-state index contributed by atoms with van der Waals surface area (Å²) in [5, 5.41) is 0. The third-order valence-corrected chi connectivity index (χ3v) is 1.79. The Hall–Kier alpha value is 0.370. The molecule has 0 atom stereocenters. The van der Waals surface area contributed by atoms with Crippen molar-refractivity contribution in [3.63, 3.8) is 0 Å². The average molecular weight is 228 g/mol. The first kappa shape index (κ1) is 7.37. The Balaban J connectivity index is 3.82. The van der Waals surface area contributed by atoms with E-state index in [9.17, 15) is 4.79 Å². The molecular formula is C4H4Br2O. The largest absolute Gasteiger partial charge is 0.281 e. The molecule has 1 nitrogen and oxygen atoms in total. The van der Waals surface area contributed by atoms with Gasteiger partial charge in [-0.1, -0.05) is 15.9 Å². The van der Waals surface area contributed by atoms with Crippen LogP contribution in [0.4, 0.5) is 0 Å². The van der Waals surface area contributed by atoms with Crippen molar-refractivity contribution in [3.8, 4) is 0 Å². The maximum Gasteiger partial charge on any atom is 0.224 e. The molecule has 0 aromatic carbocycles. The van der Waals surface area contributed by atoms with Crippen LogP contribution in [0.2, 0.25) is 0 Å². The third-order valence-electron chi connectivity index (χ3n) is 0.474. The molecule has 0 aliphatic carbocycles. The number of hydrogen-bond acceptors (Lipinski definition) is 1. The van der Waals surface area contributed by atoms with Crippen LogP contribution in [0.25, 0.3) is 0 Å². The van der Waals surface area contributed by atoms with Crippen molar-refractivity contribution < 1.29 is 4.79 Å². The summed E-state index contributed by atoms with van der Waals surface area (Å²) in [4.78, 5) is 11.8. The van der Waals surface area contributed by atoms with Crippen LogP contribution < -0.4 is 0 Å². The van der Waals surface area contributed by atoms with Crippen molar-refractivity contribution in [3.05, 3.63) is 10.6 Å². The van der Waals surface area contributed by atoms with Gasteiger partial charge in [0.05, 0.1) is 0 Å². The lowest BCUT2D eigenvalue weighted by molar-refractivity contribution is -0.107. The molecule has 0 radical (unpaired) electrons. The lowest BCUT2D eigenvalue weighted by atomic mass is 10.4. The van der Waals surface area contributed by atoms with Crippen molar-refractivity contribution in [2.24, 2.45) is 0 Å². The number of carbonyl (C=O) groups is 1. The third kappa shape index (κ3) is 3.00. The number of allylic oxidation sites excluding steroid dienone is 1. The molecule has 0 aromatic heterocycles. The number of carbonyl (C=O) groups excluding carboxylic acids is 1. The van der Waals surface area contributed by atoms with Crippen molar-refractivity contribution >= 4 is 36.6 Å². The normalized spacial score (nSPS) is 11.6. The average Bonchev–Trinajstić information content (AvgIpc) is 1.65. The highest BCUT2D eigenvalue weighted by Gasteiger charge is 1.92. The summed E-state index contributed by atoms with van der Waals surface area (Å²) in [5.41, 5.74) is 0.667. The van der Waals surface area contributed by atoms with Gasteiger partial charge >= 0.3 is 0 Å². The summed E-state index contributed by atoms with van der Waals surface area (Å²) in [6, 6.07) is 0. The van der Waals surface area contributed by atoms with Gasteiger partial charge in [0.15, 0.2) is 0 Å². The van der Waals surface area contributed by atoms with E-state index in [2.05, 4.69) is 31.9 Å². The zero-order valence-electron chi connectivity index (χ0n) is 3.74. The van der Waals surface area contributed by atoms with Crippen molar-refractivity contribution in [2.45, 2.75) is 6.92 Å². The van der Waals surface area contributed by atoms with E-state index in [4.69, 9.17) is 0 Å². The molecule has 0 aliphatic rings. The van der Waals surface area contributed by atoms with Gasteiger partial charge in [0, 0.05) is 5.57 Å². The summed E-state index contributed by atoms with van der Waals surface area (Å²) in [7, 11) is 0. The molecule has 40 valence electrons. The molecule has 0 amide bonds. The Morgan fingerprint density at radius 2 is 2.14 bits per heavy atom. The SMILES string of the molecule is CC(=CBr)C(=O)Br. The predicted molar refractivity (Wildman–Crippen MR) is 36.6 cm³/mol. The first-order chi connectivity index (χ1) is 3.18. The Morgan fingerprint density at radius 1 is 1.71 bits per heavy atom. The molecule has 0 aliphatic heterocycles. The first-order valence-corrected chi connectivity index (χ1v) is 3.36. The van der Waals surface area contributed by atoms with Crippen LogP contribution in [0.5, 0.6) is 0 Å². The fraction of sp³-hybridized carbons (Fsp3) is 0.250. The quantitative estimate of drug-likeness (QED) is 0.496. The van der Waals surface area contributed by atoms with Gasteiger partial charge in [-0.05, 0) is 27.8 Å². The van der Waals surface area contributed by atoms with Gasteiger partial charge < -0.3 is 0 Å². The molecule has 0 saturated heterocycles. The Bertz CT molecular complexity index is 106. The summed E-state index contributed by atoms with van der Waals surface area (Å²) in [6.07, 6.45) is 0. The zero-order valence-corrected chi connectivity index (χ0v) is 6.91. The lowest BCUT2D eigenvalue weighted by Crippen LogP contribution is -1.82. The van der Waals surface area contributed by atoms with Gasteiger partial charge in [-0.3, -0.25) is 4.79 Å². The molecule has 0 fully saturated rings. The van der Waals surface area contributed by atoms with Crippen LogP contribution in [-0.4, -0.2) is 4.69 Å². The molecule has 0 rings (SSSR count). The molecule has 0 heterocycles. The molecule has 0 spiro atoms. The summed E-state index contributed by atoms with van der Waals surface area (Å²) < 4.78 is -0.0793. The van der Waals surface area contributed by atoms with Crippen LogP contribution in [0, 0.1) is 0 Å². The monoisotopic (exact) mass is 226 g/mol. The molecule has 0 saturated carbocycles. The fourth-order valence-corrected chi connectivity index (χ4v) is 0.672. The second-order valence-corrected chi connectivity index (χ2v) is 2.24. The minimum absolute atomic E-state index is 0.0793. The summed E-state index contributed by atoms with van der Waals surface area (Å²) in [6.45, 7) is 1.71. The molecule has 7 heavy (non-hydrogen) atoms. The minimum atomic E-state index is -0.0793. The first-order valence-electron chi connectivity index (χ1n) is 1.65. The number of hydrogen-bond donors (Lipinski definition) is 0. The van der Waals surface area contributed by atoms with Crippen molar-refractivity contribution in [1.82, 2.24) is 0 Å². The second-order valence-electron chi connectivity index (χ2n) is 1.07. The van der Waals surface area contributed by atoms with Gasteiger partial charge in [-0.25, -0.2) is 0 Å². The van der Waals surface area contributed by atoms with Crippen LogP contribution in [0.3, 0.4) is 0 Å². The number of halogens is 2. The van der Waals surface area contributed by atoms with E-state index in [0.717, 1.165) is 0 Å². The Morgan fingerprint density at radius 3 is 2.14 bits per heavy atom. The van der Waals surface area contributed by atoms with Gasteiger partial charge in [0.2, 0.25) is 4.69 Å². The fourth-order valence-electron chi connectivity index (χ4n) is 0.0429. The molecule has 0 bridgehead atoms.